The van der Waals surface area contributed by atoms with Crippen LogP contribution in [0.1, 0.15) is 194 Å². The Hall–Kier alpha value is -3.41. The van der Waals surface area contributed by atoms with Crippen molar-refractivity contribution in [1.29, 1.82) is 0 Å². The fourth-order valence-corrected chi connectivity index (χ4v) is 5.92. The quantitative estimate of drug-likeness (QED) is 0.0268. The van der Waals surface area contributed by atoms with E-state index in [1.165, 1.54) is 57.8 Å². The first kappa shape index (κ1) is 52.6. The van der Waals surface area contributed by atoms with Gasteiger partial charge in [-0.3, -0.25) is 14.4 Å². The van der Waals surface area contributed by atoms with Crippen molar-refractivity contribution in [3.05, 3.63) is 85.1 Å². The summed E-state index contributed by atoms with van der Waals surface area (Å²) in [6, 6.07) is 0. The van der Waals surface area contributed by atoms with E-state index in [1.54, 1.807) is 0 Å². The minimum Gasteiger partial charge on any atom is -0.462 e. The lowest BCUT2D eigenvalue weighted by atomic mass is 10.0. The van der Waals surface area contributed by atoms with Crippen LogP contribution in [0.5, 0.6) is 0 Å². The SMILES string of the molecule is CC\C=C/C=C\C=C/C=C\CCCCCC(=O)OCC(COC(=O)CCCCCCCCCCCCCC)OC(=O)CCCCCCC\C=C/C=C\C=C/CC. The molecule has 1 atom stereocenters. The van der Waals surface area contributed by atoms with E-state index in [4.69, 9.17) is 14.2 Å². The Balaban J connectivity index is 4.49. The summed E-state index contributed by atoms with van der Waals surface area (Å²) in [5, 5.41) is 0. The molecule has 0 saturated heterocycles. The number of unbranched alkanes of at least 4 members (excludes halogenated alkanes) is 19. The second kappa shape index (κ2) is 44.3. The van der Waals surface area contributed by atoms with Crippen molar-refractivity contribution in [2.24, 2.45) is 0 Å². The molecule has 0 radical (unpaired) electrons. The molecule has 0 rings (SSSR count). The van der Waals surface area contributed by atoms with Crippen molar-refractivity contribution < 1.29 is 28.6 Å². The zero-order valence-electron chi connectivity index (χ0n) is 36.1. The minimum atomic E-state index is -0.800. The average molecular weight is 779 g/mol. The Morgan fingerprint density at radius 1 is 0.375 bits per heavy atom. The number of hydrogen-bond donors (Lipinski definition) is 0. The first-order valence-electron chi connectivity index (χ1n) is 22.7. The minimum absolute atomic E-state index is 0.0975. The highest BCUT2D eigenvalue weighted by molar-refractivity contribution is 5.71. The van der Waals surface area contributed by atoms with Gasteiger partial charge in [-0.25, -0.2) is 0 Å². The molecule has 1 unspecified atom stereocenters. The lowest BCUT2D eigenvalue weighted by Gasteiger charge is -2.18. The topological polar surface area (TPSA) is 78.9 Å². The fraction of sp³-hybridized carbons (Fsp3) is 0.660. The summed E-state index contributed by atoms with van der Waals surface area (Å²) < 4.78 is 16.7. The molecule has 0 aromatic heterocycles. The highest BCUT2D eigenvalue weighted by Gasteiger charge is 2.19. The number of carbonyl (C=O) groups excluding carboxylic acids is 3. The summed E-state index contributed by atoms with van der Waals surface area (Å²) in [6.45, 7) is 6.28. The maximum Gasteiger partial charge on any atom is 0.306 e. The molecule has 318 valence electrons. The van der Waals surface area contributed by atoms with Crippen molar-refractivity contribution in [3.8, 4) is 0 Å². The van der Waals surface area contributed by atoms with Crippen LogP contribution in [-0.4, -0.2) is 37.2 Å². The van der Waals surface area contributed by atoms with Gasteiger partial charge in [0, 0.05) is 19.3 Å². The Morgan fingerprint density at radius 3 is 1.11 bits per heavy atom. The number of esters is 3. The first-order chi connectivity index (χ1) is 27.5. The van der Waals surface area contributed by atoms with Gasteiger partial charge in [0.25, 0.3) is 0 Å². The fourth-order valence-electron chi connectivity index (χ4n) is 5.92. The van der Waals surface area contributed by atoms with E-state index in [1.807, 2.05) is 42.5 Å². The van der Waals surface area contributed by atoms with Crippen LogP contribution >= 0.6 is 0 Å². The maximum absolute atomic E-state index is 12.7. The molecular weight excluding hydrogens is 697 g/mol. The van der Waals surface area contributed by atoms with Crippen molar-refractivity contribution in [3.63, 3.8) is 0 Å². The predicted molar refractivity (Wildman–Crippen MR) is 237 cm³/mol. The van der Waals surface area contributed by atoms with Crippen LogP contribution in [0.25, 0.3) is 0 Å². The average Bonchev–Trinajstić information content (AvgIpc) is 3.19. The third kappa shape index (κ3) is 41.7. The number of allylic oxidation sites excluding steroid dienone is 14. The van der Waals surface area contributed by atoms with Crippen LogP contribution in [0, 0.1) is 0 Å². The summed E-state index contributed by atoms with van der Waals surface area (Å²) in [4.78, 5) is 37.7. The van der Waals surface area contributed by atoms with Gasteiger partial charge in [-0.1, -0.05) is 202 Å². The number of hydrogen-bond acceptors (Lipinski definition) is 6. The molecule has 0 fully saturated rings. The van der Waals surface area contributed by atoms with Crippen LogP contribution in [0.4, 0.5) is 0 Å². The van der Waals surface area contributed by atoms with Gasteiger partial charge < -0.3 is 14.2 Å². The van der Waals surface area contributed by atoms with Crippen LogP contribution in [0.3, 0.4) is 0 Å². The van der Waals surface area contributed by atoms with Gasteiger partial charge in [0.05, 0.1) is 0 Å². The predicted octanol–water partition coefficient (Wildman–Crippen LogP) is 14.5. The molecule has 0 aromatic rings. The second-order valence-electron chi connectivity index (χ2n) is 14.7. The van der Waals surface area contributed by atoms with Gasteiger partial charge in [0.2, 0.25) is 0 Å². The van der Waals surface area contributed by atoms with Gasteiger partial charge in [-0.2, -0.15) is 0 Å². The first-order valence-corrected chi connectivity index (χ1v) is 22.7. The third-order valence-corrected chi connectivity index (χ3v) is 9.30. The van der Waals surface area contributed by atoms with E-state index in [0.29, 0.717) is 19.3 Å². The lowest BCUT2D eigenvalue weighted by Crippen LogP contribution is -2.30. The van der Waals surface area contributed by atoms with Gasteiger partial charge in [-0.15, -0.1) is 0 Å². The molecule has 0 amide bonds. The highest BCUT2D eigenvalue weighted by atomic mass is 16.6. The highest BCUT2D eigenvalue weighted by Crippen LogP contribution is 2.14. The summed E-state index contributed by atoms with van der Waals surface area (Å²) in [7, 11) is 0. The summed E-state index contributed by atoms with van der Waals surface area (Å²) in [5.74, 6) is -0.966. The standard InChI is InChI=1S/C50H82O6/c1-4-7-10-13-16-19-22-25-28-31-34-37-40-43-49(52)55-46-47(45-54-48(51)42-39-36-33-30-27-24-21-18-15-12-9-6-3)56-50(53)44-41-38-35-32-29-26-23-20-17-14-11-8-5-2/h7-8,10-11,13-14,16-17,19-20,22-23,25,28,47H,4-6,9,12,15,18,21,24,26-27,29-46H2,1-3H3/b10-7-,11-8-,16-13-,17-14-,22-19-,23-20-,28-25-. The molecule has 0 aliphatic rings. The Morgan fingerprint density at radius 2 is 0.696 bits per heavy atom. The molecule has 6 nitrogen and oxygen atoms in total. The molecule has 6 heteroatoms. The third-order valence-electron chi connectivity index (χ3n) is 9.30. The molecule has 0 aliphatic heterocycles. The smallest absolute Gasteiger partial charge is 0.306 e. The summed E-state index contributed by atoms with van der Waals surface area (Å²) in [6.07, 6.45) is 55.6. The largest absolute Gasteiger partial charge is 0.462 e. The second-order valence-corrected chi connectivity index (χ2v) is 14.7. The van der Waals surface area contributed by atoms with Crippen molar-refractivity contribution >= 4 is 17.9 Å². The monoisotopic (exact) mass is 779 g/mol. The van der Waals surface area contributed by atoms with E-state index in [0.717, 1.165) is 96.3 Å². The zero-order chi connectivity index (χ0) is 40.8. The lowest BCUT2D eigenvalue weighted by molar-refractivity contribution is -0.167. The van der Waals surface area contributed by atoms with Crippen molar-refractivity contribution in [2.75, 3.05) is 13.2 Å². The molecule has 0 aromatic carbocycles. The maximum atomic E-state index is 12.7. The van der Waals surface area contributed by atoms with Crippen LogP contribution in [-0.2, 0) is 28.6 Å². The van der Waals surface area contributed by atoms with Gasteiger partial charge >= 0.3 is 17.9 Å². The van der Waals surface area contributed by atoms with Gasteiger partial charge in [-0.05, 0) is 57.8 Å². The van der Waals surface area contributed by atoms with Crippen molar-refractivity contribution in [2.45, 2.75) is 200 Å². The molecule has 0 heterocycles. The Bertz CT molecular complexity index is 1120. The van der Waals surface area contributed by atoms with E-state index in [-0.39, 0.29) is 31.1 Å². The summed E-state index contributed by atoms with van der Waals surface area (Å²) in [5.41, 5.74) is 0. The van der Waals surface area contributed by atoms with E-state index < -0.39 is 6.10 Å². The summed E-state index contributed by atoms with van der Waals surface area (Å²) >= 11 is 0. The normalized spacial score (nSPS) is 12.8. The molecule has 0 bridgehead atoms. The molecule has 0 N–H and O–H groups in total. The van der Waals surface area contributed by atoms with E-state index in [9.17, 15) is 14.4 Å². The van der Waals surface area contributed by atoms with Crippen LogP contribution < -0.4 is 0 Å². The molecular formula is C50H82O6. The number of ether oxygens (including phenoxy) is 3. The van der Waals surface area contributed by atoms with Gasteiger partial charge in [0.1, 0.15) is 13.2 Å². The Labute approximate surface area is 344 Å². The van der Waals surface area contributed by atoms with Crippen LogP contribution in [0.2, 0.25) is 0 Å². The number of rotatable bonds is 39. The number of carbonyl (C=O) groups is 3. The van der Waals surface area contributed by atoms with Gasteiger partial charge in [0.15, 0.2) is 6.10 Å². The zero-order valence-corrected chi connectivity index (χ0v) is 36.1. The van der Waals surface area contributed by atoms with Crippen molar-refractivity contribution in [1.82, 2.24) is 0 Å². The van der Waals surface area contributed by atoms with E-state index >= 15 is 0 Å². The molecule has 0 aliphatic carbocycles. The molecule has 0 spiro atoms. The van der Waals surface area contributed by atoms with Crippen LogP contribution in [0.15, 0.2) is 85.1 Å². The molecule has 0 saturated carbocycles. The van der Waals surface area contributed by atoms with E-state index in [2.05, 4.69) is 63.3 Å². The Kier molecular flexibility index (Phi) is 41.6. The molecule has 56 heavy (non-hydrogen) atoms.